The van der Waals surface area contributed by atoms with E-state index in [1.165, 1.54) is 0 Å². The van der Waals surface area contributed by atoms with Gasteiger partial charge >= 0.3 is 0 Å². The fourth-order valence-corrected chi connectivity index (χ4v) is 2.80. The van der Waals surface area contributed by atoms with Crippen LogP contribution in [0.2, 0.25) is 0 Å². The Morgan fingerprint density at radius 3 is 2.36 bits per heavy atom. The molecule has 0 radical (unpaired) electrons. The minimum absolute atomic E-state index is 0.134. The van der Waals surface area contributed by atoms with Crippen LogP contribution in [0.15, 0.2) is 46.9 Å². The van der Waals surface area contributed by atoms with Gasteiger partial charge in [0, 0.05) is 4.47 Å². The van der Waals surface area contributed by atoms with Gasteiger partial charge < -0.3 is 14.8 Å². The molecule has 0 bridgehead atoms. The fraction of sp³-hybridized carbons (Fsp3) is 0.222. The molecular formula is C18H19BrN2O3S. The predicted molar refractivity (Wildman–Crippen MR) is 106 cm³/mol. The number of carbonyl (C=O) groups is 1. The van der Waals surface area contributed by atoms with Gasteiger partial charge in [-0.1, -0.05) is 6.07 Å². The second-order valence-electron chi connectivity index (χ2n) is 5.18. The molecule has 0 aliphatic rings. The molecule has 0 aliphatic carbocycles. The van der Waals surface area contributed by atoms with E-state index in [9.17, 15) is 4.79 Å². The van der Waals surface area contributed by atoms with Gasteiger partial charge in [-0.2, -0.15) is 0 Å². The van der Waals surface area contributed by atoms with Gasteiger partial charge in [-0.05, 0) is 84.0 Å². The molecule has 7 heteroatoms. The number of thiocarbonyl (C=S) groups is 1. The first-order chi connectivity index (χ1) is 12.0. The Morgan fingerprint density at radius 2 is 1.76 bits per heavy atom. The first kappa shape index (κ1) is 19.2. The van der Waals surface area contributed by atoms with Crippen LogP contribution < -0.4 is 20.1 Å². The quantitative estimate of drug-likeness (QED) is 0.687. The molecule has 2 aromatic carbocycles. The smallest absolute Gasteiger partial charge is 0.264 e. The minimum Gasteiger partial charge on any atom is -0.494 e. The maximum atomic E-state index is 11.9. The van der Waals surface area contributed by atoms with E-state index in [0.29, 0.717) is 12.4 Å². The number of ether oxygens (including phenoxy) is 2. The van der Waals surface area contributed by atoms with Crippen LogP contribution in [0.1, 0.15) is 12.5 Å². The van der Waals surface area contributed by atoms with Crippen LogP contribution in [0.5, 0.6) is 11.5 Å². The molecule has 2 N–H and O–H groups in total. The first-order valence-electron chi connectivity index (χ1n) is 7.70. The topological polar surface area (TPSA) is 59.6 Å². The Kier molecular flexibility index (Phi) is 7.21. The van der Waals surface area contributed by atoms with Gasteiger partial charge in [-0.3, -0.25) is 10.1 Å². The number of rotatable bonds is 6. The monoisotopic (exact) mass is 422 g/mol. The highest BCUT2D eigenvalue weighted by Gasteiger charge is 2.08. The van der Waals surface area contributed by atoms with E-state index in [0.717, 1.165) is 21.5 Å². The molecule has 0 atom stereocenters. The molecule has 0 saturated carbocycles. The molecule has 0 aliphatic heterocycles. The largest absolute Gasteiger partial charge is 0.494 e. The van der Waals surface area contributed by atoms with Gasteiger partial charge in [-0.25, -0.2) is 0 Å². The van der Waals surface area contributed by atoms with Crippen molar-refractivity contribution in [1.82, 2.24) is 5.32 Å². The molecule has 0 heterocycles. The zero-order valence-electron chi connectivity index (χ0n) is 14.0. The van der Waals surface area contributed by atoms with Crippen molar-refractivity contribution < 1.29 is 14.3 Å². The second-order valence-corrected chi connectivity index (χ2v) is 6.44. The SMILES string of the molecule is CCOc1ccc(OCC(=O)NC(=S)Nc2ccc(C)cc2Br)cc1. The summed E-state index contributed by atoms with van der Waals surface area (Å²) in [6, 6.07) is 12.9. The van der Waals surface area contributed by atoms with E-state index in [-0.39, 0.29) is 17.6 Å². The lowest BCUT2D eigenvalue weighted by atomic mass is 10.2. The van der Waals surface area contributed by atoms with Crippen LogP contribution in [0.25, 0.3) is 0 Å². The summed E-state index contributed by atoms with van der Waals surface area (Å²) < 4.78 is 11.6. The first-order valence-corrected chi connectivity index (χ1v) is 8.90. The number of hydrogen-bond donors (Lipinski definition) is 2. The molecule has 0 saturated heterocycles. The molecule has 0 spiro atoms. The van der Waals surface area contributed by atoms with E-state index >= 15 is 0 Å². The second kappa shape index (κ2) is 9.39. The average Bonchev–Trinajstić information content (AvgIpc) is 2.57. The molecule has 2 aromatic rings. The van der Waals surface area contributed by atoms with Gasteiger partial charge in [0.05, 0.1) is 12.3 Å². The van der Waals surface area contributed by atoms with Crippen molar-refractivity contribution >= 4 is 44.9 Å². The zero-order valence-corrected chi connectivity index (χ0v) is 16.4. The van der Waals surface area contributed by atoms with Crippen molar-refractivity contribution in [3.8, 4) is 11.5 Å². The molecule has 0 fully saturated rings. The lowest BCUT2D eigenvalue weighted by molar-refractivity contribution is -0.121. The molecular weight excluding hydrogens is 404 g/mol. The lowest BCUT2D eigenvalue weighted by Crippen LogP contribution is -2.37. The Morgan fingerprint density at radius 1 is 1.12 bits per heavy atom. The molecule has 0 unspecified atom stereocenters. The molecule has 25 heavy (non-hydrogen) atoms. The minimum atomic E-state index is -0.338. The van der Waals surface area contributed by atoms with Gasteiger partial charge in [0.25, 0.3) is 5.91 Å². The van der Waals surface area contributed by atoms with E-state index in [2.05, 4.69) is 26.6 Å². The van der Waals surface area contributed by atoms with Crippen molar-refractivity contribution in [3.63, 3.8) is 0 Å². The van der Waals surface area contributed by atoms with Crippen molar-refractivity contribution in [2.45, 2.75) is 13.8 Å². The number of halogens is 1. The Balaban J connectivity index is 1.80. The number of amides is 1. The zero-order chi connectivity index (χ0) is 18.2. The van der Waals surface area contributed by atoms with Gasteiger partial charge in [0.2, 0.25) is 0 Å². The summed E-state index contributed by atoms with van der Waals surface area (Å²) in [4.78, 5) is 11.9. The predicted octanol–water partition coefficient (Wildman–Crippen LogP) is 4.05. The molecule has 1 amide bonds. The van der Waals surface area contributed by atoms with E-state index < -0.39 is 0 Å². The summed E-state index contributed by atoms with van der Waals surface area (Å²) in [5.41, 5.74) is 1.90. The normalized spacial score (nSPS) is 10.0. The molecule has 132 valence electrons. The third kappa shape index (κ3) is 6.36. The number of nitrogens with one attached hydrogen (secondary N) is 2. The number of carbonyl (C=O) groups excluding carboxylic acids is 1. The van der Waals surface area contributed by atoms with Crippen molar-refractivity contribution in [2.75, 3.05) is 18.5 Å². The van der Waals surface area contributed by atoms with Crippen molar-refractivity contribution in [1.29, 1.82) is 0 Å². The van der Waals surface area contributed by atoms with Crippen LogP contribution in [0.3, 0.4) is 0 Å². The highest BCUT2D eigenvalue weighted by atomic mass is 79.9. The molecule has 5 nitrogen and oxygen atoms in total. The van der Waals surface area contributed by atoms with Crippen LogP contribution in [0.4, 0.5) is 5.69 Å². The van der Waals surface area contributed by atoms with Crippen LogP contribution >= 0.6 is 28.1 Å². The van der Waals surface area contributed by atoms with Crippen LogP contribution in [-0.4, -0.2) is 24.2 Å². The maximum absolute atomic E-state index is 11.9. The van der Waals surface area contributed by atoms with E-state index in [1.54, 1.807) is 24.3 Å². The standard InChI is InChI=1S/C18H19BrN2O3S/c1-3-23-13-5-7-14(8-6-13)24-11-17(22)21-18(25)20-16-9-4-12(2)10-15(16)19/h4-10H,3,11H2,1-2H3,(H2,20,21,22,25). The number of hydrogen-bond acceptors (Lipinski definition) is 4. The summed E-state index contributed by atoms with van der Waals surface area (Å²) in [7, 11) is 0. The Labute approximate surface area is 160 Å². The number of anilines is 1. The van der Waals surface area contributed by atoms with Crippen LogP contribution in [-0.2, 0) is 4.79 Å². The maximum Gasteiger partial charge on any atom is 0.264 e. The summed E-state index contributed by atoms with van der Waals surface area (Å²) in [5, 5.41) is 5.76. The summed E-state index contributed by atoms with van der Waals surface area (Å²) in [6.07, 6.45) is 0. The van der Waals surface area contributed by atoms with Gasteiger partial charge in [0.15, 0.2) is 11.7 Å². The summed E-state index contributed by atoms with van der Waals surface area (Å²) in [6.45, 7) is 4.38. The van der Waals surface area contributed by atoms with Crippen molar-refractivity contribution in [2.24, 2.45) is 0 Å². The third-order valence-electron chi connectivity index (χ3n) is 3.13. The van der Waals surface area contributed by atoms with Crippen LogP contribution in [0, 0.1) is 6.92 Å². The highest BCUT2D eigenvalue weighted by Crippen LogP contribution is 2.23. The number of benzene rings is 2. The van der Waals surface area contributed by atoms with E-state index in [4.69, 9.17) is 21.7 Å². The molecule has 2 rings (SSSR count). The van der Waals surface area contributed by atoms with Crippen molar-refractivity contribution in [3.05, 3.63) is 52.5 Å². The van der Waals surface area contributed by atoms with Gasteiger partial charge in [0.1, 0.15) is 11.5 Å². The Bertz CT molecular complexity index is 750. The third-order valence-corrected chi connectivity index (χ3v) is 3.99. The molecule has 0 aromatic heterocycles. The Hall–Kier alpha value is -2.12. The highest BCUT2D eigenvalue weighted by molar-refractivity contribution is 9.10. The lowest BCUT2D eigenvalue weighted by Gasteiger charge is -2.12. The van der Waals surface area contributed by atoms with E-state index in [1.807, 2.05) is 32.0 Å². The fourth-order valence-electron chi connectivity index (χ4n) is 1.99. The van der Waals surface area contributed by atoms with Gasteiger partial charge in [-0.15, -0.1) is 0 Å². The summed E-state index contributed by atoms with van der Waals surface area (Å²) in [5.74, 6) is 1.00. The number of aryl methyl sites for hydroxylation is 1. The summed E-state index contributed by atoms with van der Waals surface area (Å²) >= 11 is 8.60. The average molecular weight is 423 g/mol.